The van der Waals surface area contributed by atoms with E-state index in [0.717, 1.165) is 42.1 Å². The van der Waals surface area contributed by atoms with Gasteiger partial charge in [0.15, 0.2) is 0 Å². The van der Waals surface area contributed by atoms with Crippen molar-refractivity contribution in [1.82, 2.24) is 19.9 Å². The number of pyridine rings is 1. The molecule has 0 amide bonds. The quantitative estimate of drug-likeness (QED) is 0.700. The lowest BCUT2D eigenvalue weighted by molar-refractivity contribution is 0.270. The normalized spacial score (nSPS) is 22.6. The summed E-state index contributed by atoms with van der Waals surface area (Å²) in [7, 11) is 0. The van der Waals surface area contributed by atoms with Crippen LogP contribution in [0.5, 0.6) is 0 Å². The largest absolute Gasteiger partial charge is 0.371 e. The Bertz CT molecular complexity index is 997. The third-order valence-electron chi connectivity index (χ3n) is 6.33. The van der Waals surface area contributed by atoms with Crippen LogP contribution in [0.15, 0.2) is 42.7 Å². The second-order valence-corrected chi connectivity index (χ2v) is 8.62. The number of anilines is 1. The molecule has 3 aromatic rings. The zero-order valence-electron chi connectivity index (χ0n) is 16.7. The number of hydrogen-bond donors (Lipinski definition) is 0. The van der Waals surface area contributed by atoms with E-state index in [9.17, 15) is 0 Å². The molecule has 2 aliphatic heterocycles. The fourth-order valence-corrected chi connectivity index (χ4v) is 5.01. The number of nitrogens with zero attached hydrogens (tertiary/aromatic N) is 5. The van der Waals surface area contributed by atoms with Crippen molar-refractivity contribution in [2.45, 2.75) is 33.2 Å². The molecule has 28 heavy (non-hydrogen) atoms. The molecule has 2 fully saturated rings. The Morgan fingerprint density at radius 1 is 0.893 bits per heavy atom. The number of rotatable bonds is 3. The minimum Gasteiger partial charge on any atom is -0.371 e. The van der Waals surface area contributed by atoms with Crippen LogP contribution in [0.1, 0.15) is 29.8 Å². The van der Waals surface area contributed by atoms with Crippen molar-refractivity contribution in [3.8, 4) is 0 Å². The average Bonchev–Trinajstić information content (AvgIpc) is 3.28. The van der Waals surface area contributed by atoms with Crippen LogP contribution in [0.4, 0.5) is 5.69 Å². The molecule has 5 heteroatoms. The molecule has 1 atom stereocenters. The summed E-state index contributed by atoms with van der Waals surface area (Å²) in [5.41, 5.74) is 7.30. The van der Waals surface area contributed by atoms with E-state index < -0.39 is 0 Å². The Morgan fingerprint density at radius 2 is 1.64 bits per heavy atom. The predicted octanol–water partition coefficient (Wildman–Crippen LogP) is 3.74. The van der Waals surface area contributed by atoms with Gasteiger partial charge in [-0.1, -0.05) is 6.07 Å². The molecule has 0 bridgehead atoms. The first-order valence-electron chi connectivity index (χ1n) is 10.2. The molecule has 0 unspecified atom stereocenters. The van der Waals surface area contributed by atoms with Crippen molar-refractivity contribution in [2.75, 3.05) is 31.1 Å². The molecule has 1 aromatic carbocycles. The van der Waals surface area contributed by atoms with E-state index in [4.69, 9.17) is 0 Å². The minimum atomic E-state index is 0.432. The minimum absolute atomic E-state index is 0.432. The van der Waals surface area contributed by atoms with E-state index >= 15 is 0 Å². The second kappa shape index (κ2) is 6.82. The number of likely N-dealkylation sites (tertiary alicyclic amines) is 1. The molecule has 0 N–H and O–H groups in total. The highest BCUT2D eigenvalue weighted by Crippen LogP contribution is 2.41. The summed E-state index contributed by atoms with van der Waals surface area (Å²) in [5, 5.41) is 0. The molecule has 0 aliphatic carbocycles. The number of benzene rings is 1. The summed E-state index contributed by atoms with van der Waals surface area (Å²) in [6.45, 7) is 9.87. The first-order chi connectivity index (χ1) is 13.6. The van der Waals surface area contributed by atoms with Crippen LogP contribution < -0.4 is 4.90 Å². The average molecular weight is 374 g/mol. The smallest absolute Gasteiger partial charge is 0.0890 e. The van der Waals surface area contributed by atoms with Crippen LogP contribution in [0.25, 0.3) is 11.0 Å². The van der Waals surface area contributed by atoms with Crippen LogP contribution in [0.3, 0.4) is 0 Å². The molecule has 0 radical (unpaired) electrons. The Kier molecular flexibility index (Phi) is 4.27. The Labute approximate surface area is 166 Å². The number of hydrogen-bond acceptors (Lipinski definition) is 5. The molecular formula is C23H27N5. The molecule has 0 saturated carbocycles. The highest BCUT2D eigenvalue weighted by atomic mass is 15.2. The molecule has 2 saturated heterocycles. The molecule has 4 heterocycles. The monoisotopic (exact) mass is 373 g/mol. The van der Waals surface area contributed by atoms with Crippen LogP contribution >= 0.6 is 0 Å². The SMILES string of the molecule is Cc1cc(N2CC[C@@]3(CCN(Cc4ccc5nccnc5c4)C3)C2)cc(C)n1. The molecular weight excluding hydrogens is 346 g/mol. The van der Waals surface area contributed by atoms with Gasteiger partial charge in [-0.15, -0.1) is 0 Å². The van der Waals surface area contributed by atoms with E-state index in [-0.39, 0.29) is 0 Å². The first-order valence-corrected chi connectivity index (χ1v) is 10.2. The van der Waals surface area contributed by atoms with E-state index in [1.54, 1.807) is 12.4 Å². The summed E-state index contributed by atoms with van der Waals surface area (Å²) < 4.78 is 0. The number of aromatic nitrogens is 3. The topological polar surface area (TPSA) is 45.2 Å². The van der Waals surface area contributed by atoms with Gasteiger partial charge in [0.1, 0.15) is 0 Å². The van der Waals surface area contributed by atoms with Gasteiger partial charge in [0, 0.05) is 61.1 Å². The fraction of sp³-hybridized carbons (Fsp3) is 0.435. The summed E-state index contributed by atoms with van der Waals surface area (Å²) in [6, 6.07) is 10.9. The van der Waals surface area contributed by atoms with Gasteiger partial charge in [0.2, 0.25) is 0 Å². The van der Waals surface area contributed by atoms with Crippen molar-refractivity contribution in [3.63, 3.8) is 0 Å². The van der Waals surface area contributed by atoms with E-state index in [2.05, 4.69) is 68.9 Å². The van der Waals surface area contributed by atoms with Gasteiger partial charge < -0.3 is 4.90 Å². The maximum atomic E-state index is 4.53. The predicted molar refractivity (Wildman–Crippen MR) is 112 cm³/mol. The Hall–Kier alpha value is -2.53. The maximum Gasteiger partial charge on any atom is 0.0890 e. The number of aryl methyl sites for hydroxylation is 2. The molecule has 5 rings (SSSR count). The standard InChI is InChI=1S/C23H27N5/c1-17-11-20(12-18(2)26-17)28-10-6-23(16-28)5-9-27(15-23)14-19-3-4-21-22(13-19)25-8-7-24-21/h3-4,7-8,11-13H,5-6,9-10,14-16H2,1-2H3/t23-/m1/s1. The first kappa shape index (κ1) is 17.6. The summed E-state index contributed by atoms with van der Waals surface area (Å²) in [5.74, 6) is 0. The Balaban J connectivity index is 1.27. The van der Waals surface area contributed by atoms with Gasteiger partial charge in [-0.05, 0) is 63.1 Å². The fourth-order valence-electron chi connectivity index (χ4n) is 5.01. The van der Waals surface area contributed by atoms with Crippen LogP contribution in [-0.4, -0.2) is 46.0 Å². The lowest BCUT2D eigenvalue weighted by atomic mass is 9.86. The van der Waals surface area contributed by atoms with E-state index in [0.29, 0.717) is 5.41 Å². The maximum absolute atomic E-state index is 4.53. The Morgan fingerprint density at radius 3 is 2.46 bits per heavy atom. The summed E-state index contributed by atoms with van der Waals surface area (Å²) in [6.07, 6.45) is 6.10. The van der Waals surface area contributed by atoms with Crippen molar-refractivity contribution >= 4 is 16.7 Å². The second-order valence-electron chi connectivity index (χ2n) is 8.62. The third-order valence-corrected chi connectivity index (χ3v) is 6.33. The van der Waals surface area contributed by atoms with Crippen LogP contribution in [0, 0.1) is 19.3 Å². The van der Waals surface area contributed by atoms with E-state index in [1.165, 1.54) is 37.2 Å². The molecule has 1 spiro atoms. The van der Waals surface area contributed by atoms with Crippen molar-refractivity contribution in [3.05, 3.63) is 59.7 Å². The lowest BCUT2D eigenvalue weighted by Gasteiger charge is -2.26. The van der Waals surface area contributed by atoms with Crippen molar-refractivity contribution in [1.29, 1.82) is 0 Å². The van der Waals surface area contributed by atoms with Gasteiger partial charge in [-0.3, -0.25) is 19.9 Å². The molecule has 144 valence electrons. The van der Waals surface area contributed by atoms with Crippen molar-refractivity contribution < 1.29 is 0 Å². The number of fused-ring (bicyclic) bond motifs is 1. The summed E-state index contributed by atoms with van der Waals surface area (Å²) >= 11 is 0. The van der Waals surface area contributed by atoms with Crippen LogP contribution in [0.2, 0.25) is 0 Å². The summed E-state index contributed by atoms with van der Waals surface area (Å²) in [4.78, 5) is 18.5. The van der Waals surface area contributed by atoms with Crippen molar-refractivity contribution in [2.24, 2.45) is 5.41 Å². The van der Waals surface area contributed by atoms with Gasteiger partial charge >= 0.3 is 0 Å². The zero-order valence-corrected chi connectivity index (χ0v) is 16.7. The van der Waals surface area contributed by atoms with E-state index in [1.807, 2.05) is 0 Å². The highest BCUT2D eigenvalue weighted by Gasteiger charge is 2.43. The van der Waals surface area contributed by atoms with Gasteiger partial charge in [0.25, 0.3) is 0 Å². The molecule has 5 nitrogen and oxygen atoms in total. The van der Waals surface area contributed by atoms with Gasteiger partial charge in [-0.25, -0.2) is 0 Å². The lowest BCUT2D eigenvalue weighted by Crippen LogP contribution is -2.30. The zero-order chi connectivity index (χ0) is 19.1. The third kappa shape index (κ3) is 3.35. The molecule has 2 aliphatic rings. The molecule has 2 aromatic heterocycles. The van der Waals surface area contributed by atoms with Gasteiger partial charge in [-0.2, -0.15) is 0 Å². The van der Waals surface area contributed by atoms with Crippen LogP contribution in [-0.2, 0) is 6.54 Å². The highest BCUT2D eigenvalue weighted by molar-refractivity contribution is 5.74. The van der Waals surface area contributed by atoms with Gasteiger partial charge in [0.05, 0.1) is 11.0 Å².